The molecule has 0 amide bonds. The van der Waals surface area contributed by atoms with Gasteiger partial charge in [-0.3, -0.25) is 9.05 Å². The Balaban J connectivity index is 3.79. The fraction of sp³-hybridized carbons (Fsp3) is 1.00. The SMILES string of the molecule is BOP(=O)(OC)OC. The van der Waals surface area contributed by atoms with Crippen molar-refractivity contribution in [2.24, 2.45) is 0 Å². The first-order valence-electron chi connectivity index (χ1n) is 1.96. The Labute approximate surface area is 49.2 Å². The lowest BCUT2D eigenvalue weighted by Crippen LogP contribution is -1.89. The van der Waals surface area contributed by atoms with Crippen LogP contribution in [0.4, 0.5) is 0 Å². The summed E-state index contributed by atoms with van der Waals surface area (Å²) in [4.78, 5) is 0. The summed E-state index contributed by atoms with van der Waals surface area (Å²) in [5.41, 5.74) is 0. The molecule has 0 aliphatic carbocycles. The van der Waals surface area contributed by atoms with Crippen LogP contribution in [0, 0.1) is 0 Å². The summed E-state index contributed by atoms with van der Waals surface area (Å²) in [5, 5.41) is 0. The molecule has 0 saturated heterocycles. The summed E-state index contributed by atoms with van der Waals surface area (Å²) >= 11 is 0. The normalized spacial score (nSPS) is 11.8. The number of hydrogen-bond acceptors (Lipinski definition) is 4. The summed E-state index contributed by atoms with van der Waals surface area (Å²) in [6.07, 6.45) is 0. The Morgan fingerprint density at radius 3 is 1.75 bits per heavy atom. The van der Waals surface area contributed by atoms with Crippen molar-refractivity contribution in [2.75, 3.05) is 14.2 Å². The summed E-state index contributed by atoms with van der Waals surface area (Å²) < 4.78 is 23.7. The number of phosphoric ester groups is 1. The molecule has 8 heavy (non-hydrogen) atoms. The molecule has 0 radical (unpaired) electrons. The van der Waals surface area contributed by atoms with Crippen molar-refractivity contribution in [3.05, 3.63) is 0 Å². The summed E-state index contributed by atoms with van der Waals surface area (Å²) in [6, 6.07) is 0. The van der Waals surface area contributed by atoms with E-state index in [0.29, 0.717) is 0 Å². The Morgan fingerprint density at radius 1 is 1.38 bits per heavy atom. The van der Waals surface area contributed by atoms with E-state index < -0.39 is 7.82 Å². The van der Waals surface area contributed by atoms with E-state index in [1.165, 1.54) is 22.3 Å². The van der Waals surface area contributed by atoms with Crippen LogP contribution in [0.3, 0.4) is 0 Å². The van der Waals surface area contributed by atoms with Gasteiger partial charge in [-0.1, -0.05) is 0 Å². The average Bonchev–Trinajstić information content (AvgIpc) is 1.87. The molecular formula is C2H8BO4P. The molecule has 0 heterocycles. The van der Waals surface area contributed by atoms with Gasteiger partial charge in [0, 0.05) is 14.2 Å². The summed E-state index contributed by atoms with van der Waals surface area (Å²) in [7, 11) is 0.611. The van der Waals surface area contributed by atoms with E-state index in [1.807, 2.05) is 0 Å². The van der Waals surface area contributed by atoms with Gasteiger partial charge in [-0.2, -0.15) is 0 Å². The van der Waals surface area contributed by atoms with Crippen LogP contribution in [0.25, 0.3) is 0 Å². The van der Waals surface area contributed by atoms with E-state index in [0.717, 1.165) is 0 Å². The highest BCUT2D eigenvalue weighted by molar-refractivity contribution is 7.49. The maximum Gasteiger partial charge on any atom is 0.459 e. The lowest BCUT2D eigenvalue weighted by Gasteiger charge is -2.08. The Kier molecular flexibility index (Phi) is 3.32. The van der Waals surface area contributed by atoms with E-state index in [-0.39, 0.29) is 0 Å². The van der Waals surface area contributed by atoms with Crippen molar-refractivity contribution in [1.29, 1.82) is 0 Å². The van der Waals surface area contributed by atoms with E-state index in [1.54, 1.807) is 0 Å². The van der Waals surface area contributed by atoms with Crippen LogP contribution in [0.2, 0.25) is 0 Å². The minimum atomic E-state index is -3.16. The van der Waals surface area contributed by atoms with Gasteiger partial charge in [0.1, 0.15) is 0 Å². The van der Waals surface area contributed by atoms with Gasteiger partial charge in [-0.25, -0.2) is 4.57 Å². The molecule has 48 valence electrons. The third-order valence-corrected chi connectivity index (χ3v) is 2.01. The van der Waals surface area contributed by atoms with Gasteiger partial charge in [-0.05, 0) is 0 Å². The minimum absolute atomic E-state index is 1.26. The largest absolute Gasteiger partial charge is 0.459 e. The molecule has 4 nitrogen and oxygen atoms in total. The third kappa shape index (κ3) is 1.96. The smallest absolute Gasteiger partial charge is 0.358 e. The minimum Gasteiger partial charge on any atom is -0.358 e. The molecule has 0 aliphatic rings. The zero-order valence-electron chi connectivity index (χ0n) is 5.08. The van der Waals surface area contributed by atoms with E-state index in [2.05, 4.69) is 13.5 Å². The lowest BCUT2D eigenvalue weighted by atomic mass is 10.6. The van der Waals surface area contributed by atoms with E-state index in [4.69, 9.17) is 0 Å². The van der Waals surface area contributed by atoms with Crippen LogP contribution < -0.4 is 0 Å². The second-order valence-corrected chi connectivity index (χ2v) is 2.98. The molecule has 0 N–H and O–H groups in total. The van der Waals surface area contributed by atoms with Crippen molar-refractivity contribution in [3.8, 4) is 0 Å². The molecule has 0 unspecified atom stereocenters. The molecule has 0 bridgehead atoms. The highest BCUT2D eigenvalue weighted by Crippen LogP contribution is 2.45. The highest BCUT2D eigenvalue weighted by Gasteiger charge is 2.17. The molecule has 0 saturated carbocycles. The van der Waals surface area contributed by atoms with Crippen LogP contribution in [0.5, 0.6) is 0 Å². The first kappa shape index (κ1) is 8.17. The predicted molar refractivity (Wildman–Crippen MR) is 31.3 cm³/mol. The Hall–Kier alpha value is 0.175. The maximum absolute atomic E-state index is 10.7. The monoisotopic (exact) mass is 138 g/mol. The van der Waals surface area contributed by atoms with Gasteiger partial charge in [-0.15, -0.1) is 0 Å². The molecule has 0 rings (SSSR count). The van der Waals surface area contributed by atoms with Crippen LogP contribution in [0.1, 0.15) is 0 Å². The molecule has 0 fully saturated rings. The van der Waals surface area contributed by atoms with Gasteiger partial charge in [0.05, 0.1) is 0 Å². The van der Waals surface area contributed by atoms with Crippen molar-refractivity contribution < 1.29 is 18.1 Å². The van der Waals surface area contributed by atoms with Crippen LogP contribution >= 0.6 is 7.82 Å². The third-order valence-electron chi connectivity index (χ3n) is 0.671. The van der Waals surface area contributed by atoms with Gasteiger partial charge in [0.25, 0.3) is 8.05 Å². The summed E-state index contributed by atoms with van der Waals surface area (Å²) in [5.74, 6) is 0. The zero-order valence-corrected chi connectivity index (χ0v) is 5.97. The molecule has 0 aromatic rings. The van der Waals surface area contributed by atoms with Crippen molar-refractivity contribution >= 4 is 15.9 Å². The number of hydrogen-bond donors (Lipinski definition) is 0. The van der Waals surface area contributed by atoms with Crippen LogP contribution in [-0.2, 0) is 18.1 Å². The molecule has 0 aromatic carbocycles. The average molecular weight is 138 g/mol. The molecule has 0 aliphatic heterocycles. The van der Waals surface area contributed by atoms with Crippen LogP contribution in [0.15, 0.2) is 0 Å². The van der Waals surface area contributed by atoms with Crippen molar-refractivity contribution in [3.63, 3.8) is 0 Å². The second kappa shape index (κ2) is 3.25. The lowest BCUT2D eigenvalue weighted by molar-refractivity contribution is 0.216. The Morgan fingerprint density at radius 2 is 1.75 bits per heavy atom. The number of phosphoric acid groups is 1. The fourth-order valence-corrected chi connectivity index (χ4v) is 0.671. The topological polar surface area (TPSA) is 44.8 Å². The molecule has 0 atom stereocenters. The highest BCUT2D eigenvalue weighted by atomic mass is 31.2. The van der Waals surface area contributed by atoms with Crippen LogP contribution in [-0.4, -0.2) is 22.3 Å². The molecule has 0 aromatic heterocycles. The zero-order chi connectivity index (χ0) is 6.62. The first-order chi connectivity index (χ1) is 3.68. The maximum atomic E-state index is 10.7. The van der Waals surface area contributed by atoms with Crippen molar-refractivity contribution in [1.82, 2.24) is 0 Å². The first-order valence-corrected chi connectivity index (χ1v) is 3.42. The number of rotatable bonds is 3. The van der Waals surface area contributed by atoms with E-state index >= 15 is 0 Å². The van der Waals surface area contributed by atoms with Gasteiger partial charge >= 0.3 is 7.82 Å². The van der Waals surface area contributed by atoms with Crippen molar-refractivity contribution in [2.45, 2.75) is 0 Å². The fourth-order valence-electron chi connectivity index (χ4n) is 0.224. The Bertz CT molecular complexity index is 85.2. The molecule has 6 heteroatoms. The summed E-state index contributed by atoms with van der Waals surface area (Å²) in [6.45, 7) is 0. The van der Waals surface area contributed by atoms with Gasteiger partial charge in [0.15, 0.2) is 0 Å². The molecule has 0 spiro atoms. The quantitative estimate of drug-likeness (QED) is 0.405. The van der Waals surface area contributed by atoms with Gasteiger partial charge < -0.3 is 4.44 Å². The molecular weight excluding hydrogens is 130 g/mol. The van der Waals surface area contributed by atoms with E-state index in [9.17, 15) is 4.57 Å². The predicted octanol–water partition coefficient (Wildman–Crippen LogP) is -0.0480. The van der Waals surface area contributed by atoms with Gasteiger partial charge in [0.2, 0.25) is 0 Å². The second-order valence-electron chi connectivity index (χ2n) is 0.995. The standard InChI is InChI=1S/C2H8BO4P/c1-5-8(4,6-2)7-3/h3H2,1-2H3.